The highest BCUT2D eigenvalue weighted by atomic mass is 16.6. The first-order valence-electron chi connectivity index (χ1n) is 11.0. The Morgan fingerprint density at radius 2 is 1.77 bits per heavy atom. The van der Waals surface area contributed by atoms with Crippen LogP contribution < -0.4 is 24.9 Å². The number of hydrogen-bond acceptors (Lipinski definition) is 5. The molecule has 31 heavy (non-hydrogen) atoms. The lowest BCUT2D eigenvalue weighted by atomic mass is 9.96. The van der Waals surface area contributed by atoms with Crippen molar-refractivity contribution in [2.45, 2.75) is 51.7 Å². The van der Waals surface area contributed by atoms with Crippen LogP contribution in [0, 0.1) is 0 Å². The minimum absolute atomic E-state index is 0.0693. The number of quaternary nitrogens is 1. The van der Waals surface area contributed by atoms with Crippen LogP contribution >= 0.6 is 0 Å². The summed E-state index contributed by atoms with van der Waals surface area (Å²) >= 11 is 0. The fourth-order valence-electron chi connectivity index (χ4n) is 4.96. The highest BCUT2D eigenvalue weighted by molar-refractivity contribution is 5.85. The molecule has 0 bridgehead atoms. The number of rotatable bonds is 3. The van der Waals surface area contributed by atoms with Gasteiger partial charge in [0.2, 0.25) is 5.43 Å². The van der Waals surface area contributed by atoms with Crippen LogP contribution in [0.15, 0.2) is 45.8 Å². The molecule has 2 atom stereocenters. The number of hydrogen-bond donors (Lipinski definition) is 1. The molecule has 3 aromatic rings. The number of benzene rings is 2. The fraction of sp³-hybridized carbons (Fsp3) is 0.400. The first-order chi connectivity index (χ1) is 15.0. The van der Waals surface area contributed by atoms with E-state index in [9.17, 15) is 9.90 Å². The van der Waals surface area contributed by atoms with Gasteiger partial charge in [-0.15, -0.1) is 0 Å². The van der Waals surface area contributed by atoms with E-state index in [1.807, 2.05) is 12.1 Å². The maximum atomic E-state index is 13.3. The number of piperidine rings is 1. The SMILES string of the molecule is CC1CCCC(C)[NH+]1Cc1c([O-])ccc2c(=O)c(-c3ccc4c(c3)OCCO4)coc12. The molecule has 0 amide bonds. The second-order valence-corrected chi connectivity index (χ2v) is 8.74. The molecule has 1 aromatic heterocycles. The lowest BCUT2D eigenvalue weighted by Gasteiger charge is -2.36. The summed E-state index contributed by atoms with van der Waals surface area (Å²) in [5.41, 5.74) is 2.02. The zero-order valence-electron chi connectivity index (χ0n) is 17.9. The van der Waals surface area contributed by atoms with E-state index in [0.29, 0.717) is 71.0 Å². The molecule has 0 radical (unpaired) electrons. The molecular formula is C25H27NO5. The van der Waals surface area contributed by atoms with Crippen molar-refractivity contribution in [3.63, 3.8) is 0 Å². The minimum atomic E-state index is -0.145. The van der Waals surface area contributed by atoms with Crippen LogP contribution in [0.3, 0.4) is 0 Å². The Labute approximate surface area is 181 Å². The molecular weight excluding hydrogens is 394 g/mol. The molecule has 2 aromatic carbocycles. The molecule has 5 rings (SSSR count). The maximum Gasteiger partial charge on any atom is 0.200 e. The molecule has 6 heteroatoms. The Kier molecular flexibility index (Phi) is 5.10. The molecule has 2 unspecified atom stereocenters. The second kappa shape index (κ2) is 7.93. The summed E-state index contributed by atoms with van der Waals surface area (Å²) in [6.07, 6.45) is 4.99. The van der Waals surface area contributed by atoms with Gasteiger partial charge in [-0.05, 0) is 56.9 Å². The third-order valence-corrected chi connectivity index (χ3v) is 6.78. The average molecular weight is 421 g/mol. The highest BCUT2D eigenvalue weighted by Gasteiger charge is 2.29. The summed E-state index contributed by atoms with van der Waals surface area (Å²) in [6.45, 7) is 6.04. The van der Waals surface area contributed by atoms with Crippen LogP contribution in [0.1, 0.15) is 38.7 Å². The van der Waals surface area contributed by atoms with Gasteiger partial charge in [-0.3, -0.25) is 4.79 Å². The topological polar surface area (TPSA) is 76.2 Å². The van der Waals surface area contributed by atoms with Gasteiger partial charge in [0.15, 0.2) is 11.5 Å². The van der Waals surface area contributed by atoms with E-state index < -0.39 is 0 Å². The van der Waals surface area contributed by atoms with Gasteiger partial charge in [-0.25, -0.2) is 0 Å². The van der Waals surface area contributed by atoms with Gasteiger partial charge in [0.1, 0.15) is 31.6 Å². The van der Waals surface area contributed by atoms with Crippen LogP contribution in [-0.2, 0) is 6.54 Å². The smallest absolute Gasteiger partial charge is 0.200 e. The van der Waals surface area contributed by atoms with Crippen molar-refractivity contribution >= 4 is 11.0 Å². The number of ether oxygens (including phenoxy) is 2. The Balaban J connectivity index is 1.57. The summed E-state index contributed by atoms with van der Waals surface area (Å²) in [7, 11) is 0. The predicted octanol–water partition coefficient (Wildman–Crippen LogP) is 2.65. The van der Waals surface area contributed by atoms with Crippen LogP contribution in [0.4, 0.5) is 0 Å². The summed E-state index contributed by atoms with van der Waals surface area (Å²) < 4.78 is 17.2. The van der Waals surface area contributed by atoms with E-state index in [-0.39, 0.29) is 11.2 Å². The number of likely N-dealkylation sites (tertiary alicyclic amines) is 1. The van der Waals surface area contributed by atoms with Gasteiger partial charge in [-0.1, -0.05) is 17.9 Å². The molecule has 0 spiro atoms. The van der Waals surface area contributed by atoms with Crippen LogP contribution in [0.25, 0.3) is 22.1 Å². The van der Waals surface area contributed by atoms with Crippen LogP contribution in [0.5, 0.6) is 17.2 Å². The minimum Gasteiger partial charge on any atom is -0.872 e. The normalized spacial score (nSPS) is 23.1. The van der Waals surface area contributed by atoms with Crippen molar-refractivity contribution in [3.05, 3.63) is 52.4 Å². The van der Waals surface area contributed by atoms with E-state index in [1.54, 1.807) is 12.1 Å². The van der Waals surface area contributed by atoms with Gasteiger partial charge in [0.25, 0.3) is 0 Å². The monoisotopic (exact) mass is 421 g/mol. The van der Waals surface area contributed by atoms with E-state index >= 15 is 0 Å². The van der Waals surface area contributed by atoms with E-state index in [4.69, 9.17) is 13.9 Å². The molecule has 1 fully saturated rings. The Morgan fingerprint density at radius 3 is 2.55 bits per heavy atom. The van der Waals surface area contributed by atoms with Crippen molar-refractivity contribution in [1.29, 1.82) is 0 Å². The fourth-order valence-corrected chi connectivity index (χ4v) is 4.96. The summed E-state index contributed by atoms with van der Waals surface area (Å²) in [5, 5.41) is 13.2. The summed E-state index contributed by atoms with van der Waals surface area (Å²) in [4.78, 5) is 14.7. The van der Waals surface area contributed by atoms with Gasteiger partial charge < -0.3 is 23.9 Å². The molecule has 0 saturated carbocycles. The molecule has 2 aliphatic rings. The Bertz CT molecular complexity index is 1170. The molecule has 162 valence electrons. The van der Waals surface area contributed by atoms with Crippen LogP contribution in [-0.4, -0.2) is 25.3 Å². The third-order valence-electron chi connectivity index (χ3n) is 6.78. The molecule has 2 aliphatic heterocycles. The largest absolute Gasteiger partial charge is 0.872 e. The molecule has 1 saturated heterocycles. The summed E-state index contributed by atoms with van der Waals surface area (Å²) in [6, 6.07) is 9.48. The van der Waals surface area contributed by atoms with Crippen molar-refractivity contribution in [3.8, 4) is 28.4 Å². The van der Waals surface area contributed by atoms with Crippen LogP contribution in [0.2, 0.25) is 0 Å². The highest BCUT2D eigenvalue weighted by Crippen LogP contribution is 2.34. The second-order valence-electron chi connectivity index (χ2n) is 8.74. The zero-order valence-corrected chi connectivity index (χ0v) is 17.9. The number of fused-ring (bicyclic) bond motifs is 2. The zero-order chi connectivity index (χ0) is 21.5. The van der Waals surface area contributed by atoms with Crippen molar-refractivity contribution in [2.24, 2.45) is 0 Å². The standard InChI is InChI=1S/C25H27NO5/c1-15-4-3-5-16(2)26(15)13-19-21(27)8-7-18-24(28)20(14-31-25(18)19)17-6-9-22-23(12-17)30-11-10-29-22/h6-9,12,14-16,27H,3-5,10-11,13H2,1-2H3. The molecule has 3 heterocycles. The van der Waals surface area contributed by atoms with E-state index in [2.05, 4.69) is 13.8 Å². The number of nitrogens with one attached hydrogen (secondary N) is 1. The molecule has 0 aliphatic carbocycles. The Hall–Kier alpha value is -2.99. The van der Waals surface area contributed by atoms with Gasteiger partial charge in [0.05, 0.1) is 23.0 Å². The van der Waals surface area contributed by atoms with Gasteiger partial charge in [0, 0.05) is 5.56 Å². The van der Waals surface area contributed by atoms with Crippen molar-refractivity contribution < 1.29 is 23.9 Å². The lowest BCUT2D eigenvalue weighted by molar-refractivity contribution is -0.964. The van der Waals surface area contributed by atoms with E-state index in [1.165, 1.54) is 23.7 Å². The first-order valence-corrected chi connectivity index (χ1v) is 11.0. The summed E-state index contributed by atoms with van der Waals surface area (Å²) in [5.74, 6) is 1.22. The lowest BCUT2D eigenvalue weighted by Crippen LogP contribution is -3.18. The Morgan fingerprint density at radius 1 is 1.03 bits per heavy atom. The quantitative estimate of drug-likeness (QED) is 0.704. The molecule has 6 nitrogen and oxygen atoms in total. The van der Waals surface area contributed by atoms with Gasteiger partial charge in [-0.2, -0.15) is 0 Å². The van der Waals surface area contributed by atoms with Gasteiger partial charge >= 0.3 is 0 Å². The average Bonchev–Trinajstić information content (AvgIpc) is 2.77. The molecule has 1 N–H and O–H groups in total. The van der Waals surface area contributed by atoms with Crippen molar-refractivity contribution in [1.82, 2.24) is 0 Å². The first kappa shape index (κ1) is 19.9. The van der Waals surface area contributed by atoms with Crippen molar-refractivity contribution in [2.75, 3.05) is 13.2 Å². The maximum absolute atomic E-state index is 13.3. The third kappa shape index (κ3) is 3.55. The van der Waals surface area contributed by atoms with E-state index in [0.717, 1.165) is 12.8 Å². The predicted molar refractivity (Wildman–Crippen MR) is 116 cm³/mol.